The van der Waals surface area contributed by atoms with Crippen LogP contribution in [0.2, 0.25) is 0 Å². The highest BCUT2D eigenvalue weighted by atomic mass is 16.5. The quantitative estimate of drug-likeness (QED) is 0.741. The topological polar surface area (TPSA) is 66.8 Å². The first kappa shape index (κ1) is 12.0. The van der Waals surface area contributed by atoms with E-state index in [1.165, 1.54) is 0 Å². The molecule has 0 saturated carbocycles. The van der Waals surface area contributed by atoms with Crippen molar-refractivity contribution in [1.29, 1.82) is 0 Å². The van der Waals surface area contributed by atoms with Gasteiger partial charge in [0.2, 0.25) is 0 Å². The number of amides is 1. The van der Waals surface area contributed by atoms with E-state index >= 15 is 0 Å². The number of likely N-dealkylation sites (tertiary alicyclic amines) is 1. The van der Waals surface area contributed by atoms with E-state index in [0.29, 0.717) is 0 Å². The van der Waals surface area contributed by atoms with Crippen LogP contribution in [-0.4, -0.2) is 47.7 Å². The van der Waals surface area contributed by atoms with Gasteiger partial charge in [-0.15, -0.1) is 0 Å². The number of aliphatic carboxylic acids is 1. The summed E-state index contributed by atoms with van der Waals surface area (Å²) in [4.78, 5) is 23.7. The highest BCUT2D eigenvalue weighted by molar-refractivity contribution is 5.81. The van der Waals surface area contributed by atoms with Gasteiger partial charge in [-0.1, -0.05) is 0 Å². The first-order valence-corrected chi connectivity index (χ1v) is 5.23. The van der Waals surface area contributed by atoms with Gasteiger partial charge in [0.05, 0.1) is 0 Å². The Kier molecular flexibility index (Phi) is 4.55. The van der Waals surface area contributed by atoms with Crippen LogP contribution >= 0.6 is 0 Å². The molecule has 0 radical (unpaired) electrons. The van der Waals surface area contributed by atoms with Crippen LogP contribution in [0, 0.1) is 0 Å². The van der Waals surface area contributed by atoms with Gasteiger partial charge >= 0.3 is 5.97 Å². The number of hydrogen-bond acceptors (Lipinski definition) is 3. The van der Waals surface area contributed by atoms with Gasteiger partial charge in [-0.3, -0.25) is 4.79 Å². The van der Waals surface area contributed by atoms with E-state index in [-0.39, 0.29) is 5.91 Å². The maximum absolute atomic E-state index is 11.7. The number of carbonyl (C=O) groups is 2. The van der Waals surface area contributed by atoms with Crippen LogP contribution in [0.4, 0.5) is 0 Å². The average molecular weight is 215 g/mol. The summed E-state index contributed by atoms with van der Waals surface area (Å²) in [7, 11) is 0. The summed E-state index contributed by atoms with van der Waals surface area (Å²) in [6.07, 6.45) is 2.56. The second-order valence-electron chi connectivity index (χ2n) is 3.73. The number of carbonyl (C=O) groups excluding carboxylic acids is 1. The summed E-state index contributed by atoms with van der Waals surface area (Å²) in [6, 6.07) is 0. The van der Waals surface area contributed by atoms with Gasteiger partial charge in [-0.2, -0.15) is 0 Å². The van der Waals surface area contributed by atoms with E-state index in [1.807, 2.05) is 0 Å². The van der Waals surface area contributed by atoms with E-state index < -0.39 is 18.7 Å². The summed E-state index contributed by atoms with van der Waals surface area (Å²) in [6.45, 7) is 2.71. The molecule has 1 heterocycles. The fraction of sp³-hybridized carbons (Fsp3) is 0.800. The molecule has 1 unspecified atom stereocenters. The van der Waals surface area contributed by atoms with Gasteiger partial charge in [0, 0.05) is 13.1 Å². The second kappa shape index (κ2) is 5.70. The Morgan fingerprint density at radius 1 is 1.33 bits per heavy atom. The highest BCUT2D eigenvalue weighted by Gasteiger charge is 2.22. The minimum atomic E-state index is -1.05. The Morgan fingerprint density at radius 2 is 1.93 bits per heavy atom. The van der Waals surface area contributed by atoms with Crippen LogP contribution in [0.15, 0.2) is 0 Å². The van der Waals surface area contributed by atoms with E-state index in [9.17, 15) is 9.59 Å². The first-order valence-electron chi connectivity index (χ1n) is 5.23. The van der Waals surface area contributed by atoms with Crippen LogP contribution in [0.25, 0.3) is 0 Å². The summed E-state index contributed by atoms with van der Waals surface area (Å²) in [5.74, 6) is -1.15. The largest absolute Gasteiger partial charge is 0.480 e. The predicted molar refractivity (Wildman–Crippen MR) is 53.5 cm³/mol. The van der Waals surface area contributed by atoms with E-state index in [0.717, 1.165) is 32.4 Å². The Morgan fingerprint density at radius 3 is 2.47 bits per heavy atom. The first-order chi connectivity index (χ1) is 7.11. The Labute approximate surface area is 89.0 Å². The molecule has 1 fully saturated rings. The number of piperidine rings is 1. The molecule has 1 saturated heterocycles. The summed E-state index contributed by atoms with van der Waals surface area (Å²) < 4.78 is 4.93. The van der Waals surface area contributed by atoms with E-state index in [2.05, 4.69) is 0 Å². The molecule has 0 bridgehead atoms. The zero-order valence-corrected chi connectivity index (χ0v) is 8.94. The molecule has 1 rings (SSSR count). The van der Waals surface area contributed by atoms with E-state index in [4.69, 9.17) is 9.84 Å². The molecule has 0 aliphatic carbocycles. The van der Waals surface area contributed by atoms with Crippen molar-refractivity contribution in [2.24, 2.45) is 0 Å². The Bertz CT molecular complexity index is 236. The van der Waals surface area contributed by atoms with Crippen LogP contribution in [0.1, 0.15) is 26.2 Å². The molecular weight excluding hydrogens is 198 g/mol. The summed E-state index contributed by atoms with van der Waals surface area (Å²) >= 11 is 0. The van der Waals surface area contributed by atoms with Gasteiger partial charge in [0.1, 0.15) is 12.7 Å². The van der Waals surface area contributed by atoms with Crippen molar-refractivity contribution in [2.45, 2.75) is 32.3 Å². The fourth-order valence-electron chi connectivity index (χ4n) is 1.64. The smallest absolute Gasteiger partial charge is 0.329 e. The van der Waals surface area contributed by atoms with Crippen LogP contribution in [-0.2, 0) is 14.3 Å². The highest BCUT2D eigenvalue weighted by Crippen LogP contribution is 2.10. The van der Waals surface area contributed by atoms with Crippen LogP contribution in [0.3, 0.4) is 0 Å². The molecular formula is C10H17NO4. The number of carboxylic acid groups (broad SMARTS) is 1. The predicted octanol–water partition coefficient (Wildman–Crippen LogP) is 0.489. The lowest BCUT2D eigenvalue weighted by Gasteiger charge is -2.28. The van der Waals surface area contributed by atoms with Crippen molar-refractivity contribution in [3.63, 3.8) is 0 Å². The Hall–Kier alpha value is -1.10. The molecule has 5 nitrogen and oxygen atoms in total. The maximum atomic E-state index is 11.7. The van der Waals surface area contributed by atoms with Crippen molar-refractivity contribution in [3.05, 3.63) is 0 Å². The van der Waals surface area contributed by atoms with Crippen molar-refractivity contribution >= 4 is 11.9 Å². The number of ether oxygens (including phenoxy) is 1. The van der Waals surface area contributed by atoms with Crippen molar-refractivity contribution in [2.75, 3.05) is 19.7 Å². The molecule has 1 aliphatic heterocycles. The molecule has 0 aromatic carbocycles. The van der Waals surface area contributed by atoms with Gasteiger partial charge in [0.15, 0.2) is 0 Å². The molecule has 1 aliphatic rings. The summed E-state index contributed by atoms with van der Waals surface area (Å²) in [5, 5.41) is 8.40. The maximum Gasteiger partial charge on any atom is 0.329 e. The zero-order valence-electron chi connectivity index (χ0n) is 8.94. The number of carboxylic acids is 1. The fourth-order valence-corrected chi connectivity index (χ4v) is 1.64. The molecule has 0 aromatic heterocycles. The van der Waals surface area contributed by atoms with Gasteiger partial charge in [-0.25, -0.2) is 4.79 Å². The molecule has 0 spiro atoms. The molecule has 0 aromatic rings. The SMILES string of the molecule is CC(OCC(=O)O)C(=O)N1CCCCC1. The second-order valence-corrected chi connectivity index (χ2v) is 3.73. The molecule has 1 atom stereocenters. The standard InChI is InChI=1S/C10H17NO4/c1-8(15-7-9(12)13)10(14)11-5-3-2-4-6-11/h8H,2-7H2,1H3,(H,12,13). The average Bonchev–Trinajstić information content (AvgIpc) is 2.26. The van der Waals surface area contributed by atoms with Crippen LogP contribution in [0.5, 0.6) is 0 Å². The summed E-state index contributed by atoms with van der Waals surface area (Å²) in [5.41, 5.74) is 0. The lowest BCUT2D eigenvalue weighted by molar-refractivity contribution is -0.151. The Balaban J connectivity index is 2.33. The number of hydrogen-bond donors (Lipinski definition) is 1. The van der Waals surface area contributed by atoms with E-state index in [1.54, 1.807) is 11.8 Å². The van der Waals surface area contributed by atoms with Gasteiger partial charge < -0.3 is 14.7 Å². The molecule has 86 valence electrons. The zero-order chi connectivity index (χ0) is 11.3. The molecule has 5 heteroatoms. The lowest BCUT2D eigenvalue weighted by Crippen LogP contribution is -2.42. The minimum Gasteiger partial charge on any atom is -0.480 e. The normalized spacial score (nSPS) is 18.6. The third kappa shape index (κ3) is 3.87. The van der Waals surface area contributed by atoms with Crippen LogP contribution < -0.4 is 0 Å². The van der Waals surface area contributed by atoms with Gasteiger partial charge in [-0.05, 0) is 26.2 Å². The molecule has 15 heavy (non-hydrogen) atoms. The van der Waals surface area contributed by atoms with Crippen molar-refractivity contribution in [3.8, 4) is 0 Å². The minimum absolute atomic E-state index is 0.101. The van der Waals surface area contributed by atoms with Gasteiger partial charge in [0.25, 0.3) is 5.91 Å². The lowest BCUT2D eigenvalue weighted by atomic mass is 10.1. The van der Waals surface area contributed by atoms with Crippen molar-refractivity contribution < 1.29 is 19.4 Å². The number of nitrogens with zero attached hydrogens (tertiary/aromatic N) is 1. The third-order valence-corrected chi connectivity index (χ3v) is 2.47. The molecule has 1 amide bonds. The number of rotatable bonds is 4. The third-order valence-electron chi connectivity index (χ3n) is 2.47. The monoisotopic (exact) mass is 215 g/mol. The molecule has 1 N–H and O–H groups in total. The van der Waals surface area contributed by atoms with Crippen molar-refractivity contribution in [1.82, 2.24) is 4.90 Å².